The lowest BCUT2D eigenvalue weighted by molar-refractivity contribution is -0.142. The van der Waals surface area contributed by atoms with Crippen LogP contribution in [0.1, 0.15) is 18.4 Å². The Labute approximate surface area is 181 Å². The number of sulfonamides is 1. The van der Waals surface area contributed by atoms with E-state index in [9.17, 15) is 18.0 Å². The number of para-hydroxylation sites is 1. The number of carbonyl (C=O) groups excluding carboxylic acids is 2. The third-order valence-electron chi connectivity index (χ3n) is 4.70. The molecule has 0 bridgehead atoms. The molecule has 0 saturated carbocycles. The molecule has 0 spiro atoms. The zero-order valence-electron chi connectivity index (χ0n) is 17.1. The van der Waals surface area contributed by atoms with Crippen LogP contribution >= 0.6 is 0 Å². The van der Waals surface area contributed by atoms with Crippen LogP contribution in [-0.4, -0.2) is 51.4 Å². The van der Waals surface area contributed by atoms with E-state index in [2.05, 4.69) is 5.32 Å². The molecule has 1 N–H and O–H groups in total. The highest BCUT2D eigenvalue weighted by Crippen LogP contribution is 2.23. The Bertz CT molecular complexity index is 1070. The van der Waals surface area contributed by atoms with Crippen LogP contribution in [0.4, 0.5) is 5.69 Å². The van der Waals surface area contributed by atoms with Crippen LogP contribution in [0.2, 0.25) is 0 Å². The first-order chi connectivity index (χ1) is 14.9. The third-order valence-corrected chi connectivity index (χ3v) is 6.60. The van der Waals surface area contributed by atoms with Crippen molar-refractivity contribution in [3.8, 4) is 5.75 Å². The minimum absolute atomic E-state index is 0.115. The maximum atomic E-state index is 12.6. The Hall–Kier alpha value is -3.17. The van der Waals surface area contributed by atoms with Crippen LogP contribution in [0.15, 0.2) is 59.5 Å². The molecule has 1 aliphatic heterocycles. The van der Waals surface area contributed by atoms with Crippen molar-refractivity contribution in [1.29, 1.82) is 0 Å². The van der Waals surface area contributed by atoms with Crippen molar-refractivity contribution in [3.05, 3.63) is 60.2 Å². The predicted octanol–water partition coefficient (Wildman–Crippen LogP) is 2.67. The molecule has 0 atom stereocenters. The molecule has 9 heteroatoms. The summed E-state index contributed by atoms with van der Waals surface area (Å²) in [6, 6.07) is 13.2. The number of methoxy groups -OCH3 is 1. The van der Waals surface area contributed by atoms with Crippen LogP contribution in [0, 0.1) is 0 Å². The van der Waals surface area contributed by atoms with Gasteiger partial charge in [0.1, 0.15) is 5.75 Å². The standard InChI is InChI=1S/C22H24N2O6S/c1-29-20-10-3-2-7-17(20)11-12-22(26)30-16-21(25)23-18-8-6-9-19(15-18)31(27,28)24-13-4-5-14-24/h2-3,6-12,15H,4-5,13-14,16H2,1H3,(H,23,25)/b12-11+. The van der Waals surface area contributed by atoms with Crippen molar-refractivity contribution in [3.63, 3.8) is 0 Å². The van der Waals surface area contributed by atoms with E-state index in [1.807, 2.05) is 6.07 Å². The van der Waals surface area contributed by atoms with E-state index in [0.29, 0.717) is 30.1 Å². The van der Waals surface area contributed by atoms with Crippen molar-refractivity contribution in [2.24, 2.45) is 0 Å². The SMILES string of the molecule is COc1ccccc1/C=C/C(=O)OCC(=O)Nc1cccc(S(=O)(=O)N2CCCC2)c1. The second kappa shape index (κ2) is 10.2. The summed E-state index contributed by atoms with van der Waals surface area (Å²) in [5.41, 5.74) is 1.01. The molecule has 1 amide bonds. The molecule has 1 saturated heterocycles. The number of amides is 1. The molecule has 0 aliphatic carbocycles. The van der Waals surface area contributed by atoms with Crippen molar-refractivity contribution in [1.82, 2.24) is 4.31 Å². The second-order valence-corrected chi connectivity index (χ2v) is 8.81. The van der Waals surface area contributed by atoms with Crippen LogP contribution in [0.5, 0.6) is 5.75 Å². The number of rotatable bonds is 8. The summed E-state index contributed by atoms with van der Waals surface area (Å²) in [7, 11) is -2.06. The van der Waals surface area contributed by atoms with Gasteiger partial charge in [0.25, 0.3) is 5.91 Å². The summed E-state index contributed by atoms with van der Waals surface area (Å²) in [6.07, 6.45) is 4.42. The van der Waals surface area contributed by atoms with Crippen LogP contribution in [0.25, 0.3) is 6.08 Å². The monoisotopic (exact) mass is 444 g/mol. The number of carbonyl (C=O) groups is 2. The van der Waals surface area contributed by atoms with Crippen LogP contribution in [-0.2, 0) is 24.3 Å². The molecular formula is C22H24N2O6S. The zero-order valence-corrected chi connectivity index (χ0v) is 17.9. The minimum Gasteiger partial charge on any atom is -0.496 e. The number of anilines is 1. The number of nitrogens with one attached hydrogen (secondary N) is 1. The average Bonchev–Trinajstić information content (AvgIpc) is 3.32. The molecule has 8 nitrogen and oxygen atoms in total. The fraction of sp³-hybridized carbons (Fsp3) is 0.273. The number of esters is 1. The van der Waals surface area contributed by atoms with Gasteiger partial charge < -0.3 is 14.8 Å². The highest BCUT2D eigenvalue weighted by molar-refractivity contribution is 7.89. The molecule has 3 rings (SSSR count). The van der Waals surface area contributed by atoms with Gasteiger partial charge in [-0.1, -0.05) is 24.3 Å². The Kier molecular flexibility index (Phi) is 7.43. The van der Waals surface area contributed by atoms with Crippen molar-refractivity contribution < 1.29 is 27.5 Å². The first-order valence-electron chi connectivity index (χ1n) is 9.78. The highest BCUT2D eigenvalue weighted by Gasteiger charge is 2.27. The van der Waals surface area contributed by atoms with Gasteiger partial charge in [0, 0.05) is 30.4 Å². The topological polar surface area (TPSA) is 102 Å². The van der Waals surface area contributed by atoms with Gasteiger partial charge in [-0.25, -0.2) is 13.2 Å². The quantitative estimate of drug-likeness (QED) is 0.496. The first-order valence-corrected chi connectivity index (χ1v) is 11.2. The van der Waals surface area contributed by atoms with Gasteiger partial charge in [-0.15, -0.1) is 0 Å². The lowest BCUT2D eigenvalue weighted by Gasteiger charge is -2.16. The Balaban J connectivity index is 1.55. The second-order valence-electron chi connectivity index (χ2n) is 6.87. The molecule has 164 valence electrons. The highest BCUT2D eigenvalue weighted by atomic mass is 32.2. The van der Waals surface area contributed by atoms with Gasteiger partial charge >= 0.3 is 5.97 Å². The molecule has 2 aromatic carbocycles. The van der Waals surface area contributed by atoms with E-state index in [1.165, 1.54) is 35.7 Å². The molecule has 1 aliphatic rings. The van der Waals surface area contributed by atoms with E-state index < -0.39 is 28.5 Å². The van der Waals surface area contributed by atoms with E-state index >= 15 is 0 Å². The van der Waals surface area contributed by atoms with Gasteiger partial charge in [-0.3, -0.25) is 4.79 Å². The maximum absolute atomic E-state index is 12.6. The molecule has 0 aromatic heterocycles. The Morgan fingerprint density at radius 3 is 2.58 bits per heavy atom. The summed E-state index contributed by atoms with van der Waals surface area (Å²) in [5.74, 6) is -0.658. The smallest absolute Gasteiger partial charge is 0.331 e. The summed E-state index contributed by atoms with van der Waals surface area (Å²) in [6.45, 7) is 0.493. The van der Waals surface area contributed by atoms with Crippen LogP contribution in [0.3, 0.4) is 0 Å². The van der Waals surface area contributed by atoms with Gasteiger partial charge in [0.15, 0.2) is 6.61 Å². The first kappa shape index (κ1) is 22.5. The zero-order chi connectivity index (χ0) is 22.3. The van der Waals surface area contributed by atoms with Crippen LogP contribution < -0.4 is 10.1 Å². The normalized spacial score (nSPS) is 14.5. The summed E-state index contributed by atoms with van der Waals surface area (Å²) in [4.78, 5) is 24.1. The molecule has 1 fully saturated rings. The fourth-order valence-electron chi connectivity index (χ4n) is 3.16. The van der Waals surface area contributed by atoms with E-state index in [1.54, 1.807) is 30.3 Å². The largest absolute Gasteiger partial charge is 0.496 e. The van der Waals surface area contributed by atoms with Crippen molar-refractivity contribution in [2.45, 2.75) is 17.7 Å². The molecule has 1 heterocycles. The number of benzene rings is 2. The molecular weight excluding hydrogens is 420 g/mol. The van der Waals surface area contributed by atoms with Crippen molar-refractivity contribution >= 4 is 33.7 Å². The predicted molar refractivity (Wildman–Crippen MR) is 116 cm³/mol. The van der Waals surface area contributed by atoms with Gasteiger partial charge in [0.2, 0.25) is 10.0 Å². The lowest BCUT2D eigenvalue weighted by atomic mass is 10.2. The Morgan fingerprint density at radius 1 is 1.10 bits per heavy atom. The summed E-state index contributed by atoms with van der Waals surface area (Å²) >= 11 is 0. The fourth-order valence-corrected chi connectivity index (χ4v) is 4.72. The number of hydrogen-bond acceptors (Lipinski definition) is 6. The van der Waals surface area contributed by atoms with Gasteiger partial charge in [-0.2, -0.15) is 4.31 Å². The van der Waals surface area contributed by atoms with E-state index in [4.69, 9.17) is 9.47 Å². The maximum Gasteiger partial charge on any atom is 0.331 e. The lowest BCUT2D eigenvalue weighted by Crippen LogP contribution is -2.28. The van der Waals surface area contributed by atoms with Gasteiger partial charge in [0.05, 0.1) is 12.0 Å². The number of hydrogen-bond donors (Lipinski definition) is 1. The van der Waals surface area contributed by atoms with E-state index in [0.717, 1.165) is 12.8 Å². The van der Waals surface area contributed by atoms with Gasteiger partial charge in [-0.05, 0) is 43.2 Å². The number of nitrogens with zero attached hydrogens (tertiary/aromatic N) is 1. The Morgan fingerprint density at radius 2 is 1.84 bits per heavy atom. The van der Waals surface area contributed by atoms with Crippen molar-refractivity contribution in [2.75, 3.05) is 32.1 Å². The summed E-state index contributed by atoms with van der Waals surface area (Å²) < 4.78 is 36.9. The summed E-state index contributed by atoms with van der Waals surface area (Å²) in [5, 5.41) is 2.55. The molecule has 0 radical (unpaired) electrons. The number of ether oxygens (including phenoxy) is 2. The average molecular weight is 445 g/mol. The molecule has 0 unspecified atom stereocenters. The molecule has 2 aromatic rings. The third kappa shape index (κ3) is 5.93. The minimum atomic E-state index is -3.58. The molecule has 31 heavy (non-hydrogen) atoms. The van der Waals surface area contributed by atoms with E-state index in [-0.39, 0.29) is 4.90 Å².